The van der Waals surface area contributed by atoms with Gasteiger partial charge in [-0.25, -0.2) is 13.2 Å². The number of hydrogen-bond acceptors (Lipinski definition) is 7. The number of carbonyl (C=O) groups excluding carboxylic acids is 2. The van der Waals surface area contributed by atoms with Crippen molar-refractivity contribution in [2.75, 3.05) is 53.2 Å². The van der Waals surface area contributed by atoms with E-state index < -0.39 is 28.5 Å². The lowest BCUT2D eigenvalue weighted by molar-refractivity contribution is -0.124. The molecule has 0 aliphatic carbocycles. The van der Waals surface area contributed by atoms with Crippen molar-refractivity contribution in [3.63, 3.8) is 0 Å². The number of benzene rings is 1. The van der Waals surface area contributed by atoms with Gasteiger partial charge in [0, 0.05) is 26.7 Å². The summed E-state index contributed by atoms with van der Waals surface area (Å²) in [6.07, 6.45) is 0. The molecule has 150 valence electrons. The molecular formula is C16H21ClN2O7S. The standard InChI is InChI=1S/C16H21ClN2O7S/c1-24-7-4-18-15(20)11-26-16(21)13-10-12(2-3-14(13)17)27(22,23)19-5-8-25-9-6-19/h2-3,10H,4-9,11H2,1H3,(H,18,20). The highest BCUT2D eigenvalue weighted by molar-refractivity contribution is 7.89. The SMILES string of the molecule is COCCNC(=O)COC(=O)c1cc(S(=O)(=O)N2CCOCC2)ccc1Cl. The summed E-state index contributed by atoms with van der Waals surface area (Å²) in [5, 5.41) is 2.52. The van der Waals surface area contributed by atoms with E-state index in [0.29, 0.717) is 19.8 Å². The predicted octanol–water partition coefficient (Wildman–Crippen LogP) is 0.280. The number of carbonyl (C=O) groups is 2. The van der Waals surface area contributed by atoms with E-state index in [1.54, 1.807) is 0 Å². The van der Waals surface area contributed by atoms with Crippen molar-refractivity contribution < 1.29 is 32.2 Å². The van der Waals surface area contributed by atoms with E-state index in [-0.39, 0.29) is 35.1 Å². The van der Waals surface area contributed by atoms with Crippen LogP contribution in [0.25, 0.3) is 0 Å². The molecule has 1 aromatic carbocycles. The number of rotatable bonds is 8. The monoisotopic (exact) mass is 420 g/mol. The Bertz CT molecular complexity index is 779. The van der Waals surface area contributed by atoms with Crippen LogP contribution < -0.4 is 5.32 Å². The van der Waals surface area contributed by atoms with Crippen LogP contribution in [0.15, 0.2) is 23.1 Å². The quantitative estimate of drug-likeness (QED) is 0.475. The van der Waals surface area contributed by atoms with Gasteiger partial charge in [-0.2, -0.15) is 4.31 Å². The Hall–Kier alpha value is -1.72. The Kier molecular flexibility index (Phi) is 7.99. The zero-order valence-electron chi connectivity index (χ0n) is 14.8. The third-order valence-electron chi connectivity index (χ3n) is 3.73. The van der Waals surface area contributed by atoms with Gasteiger partial charge in [0.1, 0.15) is 0 Å². The van der Waals surface area contributed by atoms with Crippen LogP contribution in [-0.2, 0) is 29.0 Å². The molecule has 1 heterocycles. The lowest BCUT2D eigenvalue weighted by Gasteiger charge is -2.26. The number of sulfonamides is 1. The second-order valence-corrected chi connectivity index (χ2v) is 7.92. The summed E-state index contributed by atoms with van der Waals surface area (Å²) in [5.41, 5.74) is -0.129. The van der Waals surface area contributed by atoms with E-state index in [9.17, 15) is 18.0 Å². The summed E-state index contributed by atoms with van der Waals surface area (Å²) >= 11 is 6.00. The Morgan fingerprint density at radius 2 is 2.00 bits per heavy atom. The van der Waals surface area contributed by atoms with E-state index in [2.05, 4.69) is 5.32 Å². The van der Waals surface area contributed by atoms with Crippen LogP contribution in [0.2, 0.25) is 5.02 Å². The number of halogens is 1. The smallest absolute Gasteiger partial charge is 0.340 e. The minimum absolute atomic E-state index is 0.0284. The van der Waals surface area contributed by atoms with Crippen LogP contribution in [0.5, 0.6) is 0 Å². The molecular weight excluding hydrogens is 400 g/mol. The molecule has 1 aliphatic rings. The fraction of sp³-hybridized carbons (Fsp3) is 0.500. The Morgan fingerprint density at radius 1 is 1.30 bits per heavy atom. The average Bonchev–Trinajstić information content (AvgIpc) is 2.67. The molecule has 1 amide bonds. The first kappa shape index (κ1) is 21.6. The first-order valence-corrected chi connectivity index (χ1v) is 9.98. The van der Waals surface area contributed by atoms with Crippen LogP contribution in [0.3, 0.4) is 0 Å². The van der Waals surface area contributed by atoms with Crippen LogP contribution in [0.4, 0.5) is 0 Å². The van der Waals surface area contributed by atoms with Crippen molar-refractivity contribution in [1.82, 2.24) is 9.62 Å². The lowest BCUT2D eigenvalue weighted by atomic mass is 10.2. The van der Waals surface area contributed by atoms with Gasteiger partial charge in [-0.05, 0) is 18.2 Å². The van der Waals surface area contributed by atoms with Crippen molar-refractivity contribution in [1.29, 1.82) is 0 Å². The number of ether oxygens (including phenoxy) is 3. The van der Waals surface area contributed by atoms with Crippen molar-refractivity contribution >= 4 is 33.5 Å². The van der Waals surface area contributed by atoms with Gasteiger partial charge in [0.15, 0.2) is 6.61 Å². The molecule has 11 heteroatoms. The maximum absolute atomic E-state index is 12.7. The molecule has 2 rings (SSSR count). The van der Waals surface area contributed by atoms with E-state index in [4.69, 9.17) is 25.8 Å². The first-order valence-electron chi connectivity index (χ1n) is 8.16. The normalized spacial score (nSPS) is 15.3. The second-order valence-electron chi connectivity index (χ2n) is 5.58. The average molecular weight is 421 g/mol. The zero-order chi connectivity index (χ0) is 19.9. The number of amides is 1. The molecule has 0 aromatic heterocycles. The summed E-state index contributed by atoms with van der Waals surface area (Å²) in [6, 6.07) is 3.78. The second kappa shape index (κ2) is 10.00. The molecule has 0 atom stereocenters. The number of methoxy groups -OCH3 is 1. The van der Waals surface area contributed by atoms with Gasteiger partial charge in [0.05, 0.1) is 35.3 Å². The maximum Gasteiger partial charge on any atom is 0.340 e. The van der Waals surface area contributed by atoms with Crippen molar-refractivity contribution in [2.45, 2.75) is 4.90 Å². The molecule has 0 radical (unpaired) electrons. The van der Waals surface area contributed by atoms with E-state index in [1.807, 2.05) is 0 Å². The van der Waals surface area contributed by atoms with Crippen LogP contribution in [0.1, 0.15) is 10.4 Å². The summed E-state index contributed by atoms with van der Waals surface area (Å²) in [4.78, 5) is 23.7. The van der Waals surface area contributed by atoms with Crippen LogP contribution in [-0.4, -0.2) is 77.8 Å². The molecule has 0 bridgehead atoms. The Balaban J connectivity index is 2.07. The molecule has 1 saturated heterocycles. The van der Waals surface area contributed by atoms with Crippen molar-refractivity contribution in [2.24, 2.45) is 0 Å². The highest BCUT2D eigenvalue weighted by Gasteiger charge is 2.28. The number of nitrogens with one attached hydrogen (secondary N) is 1. The molecule has 1 fully saturated rings. The summed E-state index contributed by atoms with van der Waals surface area (Å²) < 4.78 is 41.5. The molecule has 0 spiro atoms. The van der Waals surface area contributed by atoms with Gasteiger partial charge in [0.25, 0.3) is 5.91 Å². The van der Waals surface area contributed by atoms with Gasteiger partial charge < -0.3 is 19.5 Å². The maximum atomic E-state index is 12.7. The highest BCUT2D eigenvalue weighted by atomic mass is 35.5. The third-order valence-corrected chi connectivity index (χ3v) is 5.95. The van der Waals surface area contributed by atoms with Gasteiger partial charge in [0.2, 0.25) is 10.0 Å². The van der Waals surface area contributed by atoms with Crippen molar-refractivity contribution in [3.05, 3.63) is 28.8 Å². The zero-order valence-corrected chi connectivity index (χ0v) is 16.3. The molecule has 1 aliphatic heterocycles. The van der Waals surface area contributed by atoms with Gasteiger partial charge in [-0.3, -0.25) is 4.79 Å². The van der Waals surface area contributed by atoms with Crippen molar-refractivity contribution in [3.8, 4) is 0 Å². The minimum atomic E-state index is -3.79. The summed E-state index contributed by atoms with van der Waals surface area (Å²) in [7, 11) is -2.30. The molecule has 27 heavy (non-hydrogen) atoms. The number of hydrogen-bond donors (Lipinski definition) is 1. The van der Waals surface area contributed by atoms with Crippen LogP contribution in [0, 0.1) is 0 Å². The molecule has 0 unspecified atom stereocenters. The fourth-order valence-electron chi connectivity index (χ4n) is 2.31. The van der Waals surface area contributed by atoms with E-state index >= 15 is 0 Å². The third kappa shape index (κ3) is 5.88. The Labute approximate surface area is 162 Å². The molecule has 9 nitrogen and oxygen atoms in total. The van der Waals surface area contributed by atoms with Gasteiger partial charge >= 0.3 is 5.97 Å². The van der Waals surface area contributed by atoms with Crippen LogP contribution >= 0.6 is 11.6 Å². The highest BCUT2D eigenvalue weighted by Crippen LogP contribution is 2.24. The first-order chi connectivity index (χ1) is 12.9. The fourth-order valence-corrected chi connectivity index (χ4v) is 3.94. The van der Waals surface area contributed by atoms with Gasteiger partial charge in [-0.15, -0.1) is 0 Å². The van der Waals surface area contributed by atoms with E-state index in [0.717, 1.165) is 6.07 Å². The topological polar surface area (TPSA) is 111 Å². The number of esters is 1. The summed E-state index contributed by atoms with van der Waals surface area (Å²) in [5.74, 6) is -1.39. The number of nitrogens with zero attached hydrogens (tertiary/aromatic N) is 1. The number of morpholine rings is 1. The minimum Gasteiger partial charge on any atom is -0.452 e. The Morgan fingerprint density at radius 3 is 2.67 bits per heavy atom. The predicted molar refractivity (Wildman–Crippen MR) is 96.2 cm³/mol. The molecule has 1 N–H and O–H groups in total. The van der Waals surface area contributed by atoms with Gasteiger partial charge in [-0.1, -0.05) is 11.6 Å². The summed E-state index contributed by atoms with van der Waals surface area (Å²) in [6.45, 7) is 1.16. The molecule has 1 aromatic rings. The largest absolute Gasteiger partial charge is 0.452 e. The van der Waals surface area contributed by atoms with E-state index in [1.165, 1.54) is 23.5 Å². The molecule has 0 saturated carbocycles. The lowest BCUT2D eigenvalue weighted by Crippen LogP contribution is -2.40.